The average molecular weight is 584 g/mol. The number of benzene rings is 2. The minimum Gasteiger partial charge on any atom is -0.493 e. The summed E-state index contributed by atoms with van der Waals surface area (Å²) in [7, 11) is -0.988. The molecule has 3 aromatic rings. The Hall–Kier alpha value is -2.56. The molecule has 0 atom stereocenters. The van der Waals surface area contributed by atoms with Gasteiger partial charge in [-0.15, -0.1) is 17.9 Å². The van der Waals surface area contributed by atoms with E-state index in [1.807, 2.05) is 35.7 Å². The van der Waals surface area contributed by atoms with Crippen LogP contribution in [0.2, 0.25) is 10.0 Å². The molecule has 0 saturated heterocycles. The van der Waals surface area contributed by atoms with Crippen molar-refractivity contribution in [2.75, 3.05) is 33.9 Å². The Kier molecular flexibility index (Phi) is 10.4. The number of sulfonamides is 1. The zero-order chi connectivity index (χ0) is 27.0. The molecule has 0 bridgehead atoms. The highest BCUT2D eigenvalue weighted by Crippen LogP contribution is 2.29. The summed E-state index contributed by atoms with van der Waals surface area (Å²) in [5.41, 5.74) is 0.947. The van der Waals surface area contributed by atoms with Crippen LogP contribution in [0.15, 0.2) is 71.5 Å². The van der Waals surface area contributed by atoms with Crippen molar-refractivity contribution >= 4 is 50.5 Å². The Balaban J connectivity index is 1.84. The zero-order valence-corrected chi connectivity index (χ0v) is 23.7. The van der Waals surface area contributed by atoms with Crippen LogP contribution in [0.3, 0.4) is 0 Å². The van der Waals surface area contributed by atoms with Crippen LogP contribution in [-0.4, -0.2) is 57.4 Å². The van der Waals surface area contributed by atoms with E-state index < -0.39 is 10.0 Å². The van der Waals surface area contributed by atoms with Crippen LogP contribution >= 0.6 is 34.5 Å². The Morgan fingerprint density at radius 1 is 1.08 bits per heavy atom. The summed E-state index contributed by atoms with van der Waals surface area (Å²) >= 11 is 13.7. The standard InChI is InChI=1S/C26H28Cl2N2O5S2/c1-4-12-30(37(32,33)25-16-20(27)8-9-22(25)28)18-26(31)29(17-21-6-5-14-36-21)13-11-19-7-10-23(34-2)24(15-19)35-3/h4-10,14-16H,1,11-13,17-18H2,2-3H3. The van der Waals surface area contributed by atoms with Crippen molar-refractivity contribution in [2.45, 2.75) is 17.9 Å². The molecule has 1 heterocycles. The SMILES string of the molecule is C=CCN(CC(=O)N(CCc1ccc(OC)c(OC)c1)Cc1cccs1)S(=O)(=O)c1cc(Cl)ccc1Cl. The van der Waals surface area contributed by atoms with Crippen molar-refractivity contribution in [1.82, 2.24) is 9.21 Å². The molecule has 2 aromatic carbocycles. The third-order valence-electron chi connectivity index (χ3n) is 5.55. The van der Waals surface area contributed by atoms with Gasteiger partial charge in [-0.05, 0) is 53.8 Å². The number of nitrogens with zero attached hydrogens (tertiary/aromatic N) is 2. The normalized spacial score (nSPS) is 11.4. The number of carbonyl (C=O) groups is 1. The van der Waals surface area contributed by atoms with E-state index in [-0.39, 0.29) is 33.9 Å². The molecule has 7 nitrogen and oxygen atoms in total. The molecule has 0 saturated carbocycles. The lowest BCUT2D eigenvalue weighted by molar-refractivity contribution is -0.131. The number of ether oxygens (including phenoxy) is 2. The van der Waals surface area contributed by atoms with Crippen LogP contribution in [-0.2, 0) is 27.8 Å². The van der Waals surface area contributed by atoms with E-state index in [0.29, 0.717) is 31.0 Å². The predicted molar refractivity (Wildman–Crippen MR) is 148 cm³/mol. The molecule has 0 fully saturated rings. The molecule has 0 N–H and O–H groups in total. The van der Waals surface area contributed by atoms with Crippen molar-refractivity contribution in [1.29, 1.82) is 0 Å². The summed E-state index contributed by atoms with van der Waals surface area (Å²) in [4.78, 5) is 16.0. The Morgan fingerprint density at radius 3 is 2.49 bits per heavy atom. The first-order valence-electron chi connectivity index (χ1n) is 11.3. The van der Waals surface area contributed by atoms with Crippen LogP contribution in [0.4, 0.5) is 0 Å². The second-order valence-electron chi connectivity index (χ2n) is 7.99. The molecule has 0 aliphatic rings. The first-order chi connectivity index (χ1) is 17.7. The quantitative estimate of drug-likeness (QED) is 0.248. The van der Waals surface area contributed by atoms with E-state index in [1.54, 1.807) is 19.1 Å². The maximum absolute atomic E-state index is 13.5. The Labute approximate surface area is 231 Å². The molecule has 0 aliphatic heterocycles. The summed E-state index contributed by atoms with van der Waals surface area (Å²) in [6.07, 6.45) is 1.96. The van der Waals surface area contributed by atoms with Crippen molar-refractivity contribution in [3.05, 3.63) is 87.1 Å². The predicted octanol–water partition coefficient (Wildman–Crippen LogP) is 5.52. The number of hydrogen-bond acceptors (Lipinski definition) is 6. The van der Waals surface area contributed by atoms with Gasteiger partial charge in [-0.25, -0.2) is 8.42 Å². The van der Waals surface area contributed by atoms with Crippen LogP contribution in [0, 0.1) is 0 Å². The van der Waals surface area contributed by atoms with Gasteiger partial charge in [-0.3, -0.25) is 4.79 Å². The Bertz CT molecular complexity index is 1330. The van der Waals surface area contributed by atoms with Gasteiger partial charge in [0, 0.05) is 23.0 Å². The van der Waals surface area contributed by atoms with E-state index in [2.05, 4.69) is 6.58 Å². The van der Waals surface area contributed by atoms with E-state index in [9.17, 15) is 13.2 Å². The fraction of sp³-hybridized carbons (Fsp3) is 0.269. The number of amides is 1. The lowest BCUT2D eigenvalue weighted by Crippen LogP contribution is -2.43. The van der Waals surface area contributed by atoms with Gasteiger partial charge in [0.15, 0.2) is 11.5 Å². The van der Waals surface area contributed by atoms with Gasteiger partial charge >= 0.3 is 0 Å². The summed E-state index contributed by atoms with van der Waals surface area (Å²) < 4.78 is 38.6. The Morgan fingerprint density at radius 2 is 1.84 bits per heavy atom. The first kappa shape index (κ1) is 29.0. The number of methoxy groups -OCH3 is 2. The summed E-state index contributed by atoms with van der Waals surface area (Å²) in [5.74, 6) is 0.859. The molecule has 11 heteroatoms. The van der Waals surface area contributed by atoms with Gasteiger partial charge in [-0.2, -0.15) is 4.31 Å². The minimum absolute atomic E-state index is 0.0230. The van der Waals surface area contributed by atoms with Gasteiger partial charge < -0.3 is 14.4 Å². The van der Waals surface area contributed by atoms with Crippen molar-refractivity contribution < 1.29 is 22.7 Å². The maximum Gasteiger partial charge on any atom is 0.245 e. The summed E-state index contributed by atoms with van der Waals surface area (Å²) in [6.45, 7) is 3.92. The topological polar surface area (TPSA) is 76.2 Å². The highest BCUT2D eigenvalue weighted by molar-refractivity contribution is 7.89. The highest BCUT2D eigenvalue weighted by Gasteiger charge is 2.30. The summed E-state index contributed by atoms with van der Waals surface area (Å²) in [5, 5.41) is 2.18. The second-order valence-corrected chi connectivity index (χ2v) is 11.8. The lowest BCUT2D eigenvalue weighted by atomic mass is 10.1. The van der Waals surface area contributed by atoms with Crippen LogP contribution in [0.5, 0.6) is 11.5 Å². The van der Waals surface area contributed by atoms with Crippen molar-refractivity contribution in [2.24, 2.45) is 0 Å². The maximum atomic E-state index is 13.5. The van der Waals surface area contributed by atoms with E-state index in [4.69, 9.17) is 32.7 Å². The second kappa shape index (κ2) is 13.3. The van der Waals surface area contributed by atoms with E-state index in [0.717, 1.165) is 14.7 Å². The zero-order valence-electron chi connectivity index (χ0n) is 20.5. The number of halogens is 2. The molecule has 3 rings (SSSR count). The summed E-state index contributed by atoms with van der Waals surface area (Å²) in [6, 6.07) is 13.6. The number of rotatable bonds is 13. The molecule has 0 unspecified atom stereocenters. The van der Waals surface area contributed by atoms with Gasteiger partial charge in [0.2, 0.25) is 15.9 Å². The van der Waals surface area contributed by atoms with E-state index in [1.165, 1.54) is 35.6 Å². The molecule has 198 valence electrons. The largest absolute Gasteiger partial charge is 0.493 e. The molecule has 0 radical (unpaired) electrons. The third-order valence-corrected chi connectivity index (χ3v) is 8.94. The molecule has 37 heavy (non-hydrogen) atoms. The lowest BCUT2D eigenvalue weighted by Gasteiger charge is -2.27. The average Bonchev–Trinajstić information content (AvgIpc) is 3.40. The third kappa shape index (κ3) is 7.49. The minimum atomic E-state index is -4.12. The fourth-order valence-electron chi connectivity index (χ4n) is 3.64. The van der Waals surface area contributed by atoms with Crippen LogP contribution in [0.25, 0.3) is 0 Å². The van der Waals surface area contributed by atoms with Crippen molar-refractivity contribution in [3.8, 4) is 11.5 Å². The van der Waals surface area contributed by atoms with Crippen molar-refractivity contribution in [3.63, 3.8) is 0 Å². The fourth-order valence-corrected chi connectivity index (χ4v) is 6.46. The number of hydrogen-bond donors (Lipinski definition) is 0. The first-order valence-corrected chi connectivity index (χ1v) is 14.3. The number of thiophene rings is 1. The molecular weight excluding hydrogens is 555 g/mol. The smallest absolute Gasteiger partial charge is 0.245 e. The van der Waals surface area contributed by atoms with Gasteiger partial charge in [-0.1, -0.05) is 41.4 Å². The molecule has 1 amide bonds. The molecular formula is C26H28Cl2N2O5S2. The van der Waals surface area contributed by atoms with Crippen LogP contribution < -0.4 is 9.47 Å². The van der Waals surface area contributed by atoms with E-state index >= 15 is 0 Å². The number of carbonyl (C=O) groups excluding carboxylic acids is 1. The van der Waals surface area contributed by atoms with Crippen LogP contribution in [0.1, 0.15) is 10.4 Å². The van der Waals surface area contributed by atoms with Gasteiger partial charge in [0.05, 0.1) is 32.3 Å². The molecule has 0 aliphatic carbocycles. The van der Waals surface area contributed by atoms with Gasteiger partial charge in [0.1, 0.15) is 4.90 Å². The molecule has 0 spiro atoms. The monoisotopic (exact) mass is 582 g/mol. The molecule has 1 aromatic heterocycles. The highest BCUT2D eigenvalue weighted by atomic mass is 35.5. The van der Waals surface area contributed by atoms with Gasteiger partial charge in [0.25, 0.3) is 0 Å².